The number of carbonyl (C=O) groups excluding carboxylic acids is 1. The van der Waals surface area contributed by atoms with Crippen molar-refractivity contribution in [2.24, 2.45) is 12.8 Å². The van der Waals surface area contributed by atoms with Crippen LogP contribution in [-0.4, -0.2) is 44.4 Å². The van der Waals surface area contributed by atoms with Crippen LogP contribution < -0.4 is 21.5 Å². The summed E-state index contributed by atoms with van der Waals surface area (Å²) in [4.78, 5) is 31.5. The molecule has 1 aliphatic heterocycles. The van der Waals surface area contributed by atoms with Crippen molar-refractivity contribution >= 4 is 28.3 Å². The van der Waals surface area contributed by atoms with E-state index in [0.29, 0.717) is 35.4 Å². The Kier molecular flexibility index (Phi) is 6.15. The second-order valence-electron chi connectivity index (χ2n) is 8.65. The smallest absolute Gasteiger partial charge is 0.295 e. The molecule has 1 fully saturated rings. The number of nitrogens with zero attached hydrogens (tertiary/aromatic N) is 5. The topological polar surface area (TPSA) is 111 Å². The summed E-state index contributed by atoms with van der Waals surface area (Å²) in [7, 11) is 1.48. The van der Waals surface area contributed by atoms with E-state index < -0.39 is 41.0 Å². The van der Waals surface area contributed by atoms with Gasteiger partial charge in [-0.1, -0.05) is 6.07 Å². The zero-order valence-corrected chi connectivity index (χ0v) is 19.5. The van der Waals surface area contributed by atoms with Gasteiger partial charge >= 0.3 is 0 Å². The summed E-state index contributed by atoms with van der Waals surface area (Å²) in [5.74, 6) is -3.28. The minimum atomic E-state index is -2.81. The Morgan fingerprint density at radius 1 is 1.11 bits per heavy atom. The van der Waals surface area contributed by atoms with E-state index in [2.05, 4.69) is 15.4 Å². The van der Waals surface area contributed by atoms with Gasteiger partial charge in [-0.05, 0) is 36.8 Å². The summed E-state index contributed by atoms with van der Waals surface area (Å²) in [6, 6.07) is 8.07. The number of hydrogen-bond acceptors (Lipinski definition) is 6. The molecule has 0 bridgehead atoms. The van der Waals surface area contributed by atoms with Gasteiger partial charge in [0.1, 0.15) is 16.9 Å². The fourth-order valence-corrected chi connectivity index (χ4v) is 4.44. The molecule has 0 spiro atoms. The van der Waals surface area contributed by atoms with E-state index in [1.807, 2.05) is 4.90 Å². The molecule has 4 aromatic rings. The SMILES string of the molecule is Cn1c(C(F)F)nc2c(N3CC[C@H](N)C3)c(NC(=O)c3ccc(=O)n(-c4c(F)cccc4F)n3)ccc21. The molecule has 1 atom stereocenters. The second-order valence-corrected chi connectivity index (χ2v) is 8.65. The molecule has 1 saturated heterocycles. The van der Waals surface area contributed by atoms with Crippen LogP contribution in [0.4, 0.5) is 28.9 Å². The van der Waals surface area contributed by atoms with Crippen molar-refractivity contribution in [1.82, 2.24) is 19.3 Å². The highest BCUT2D eigenvalue weighted by molar-refractivity contribution is 6.08. The van der Waals surface area contributed by atoms with Gasteiger partial charge in [0.05, 0.1) is 16.9 Å². The Morgan fingerprint density at radius 3 is 2.49 bits per heavy atom. The molecule has 5 rings (SSSR count). The number of rotatable bonds is 5. The summed E-state index contributed by atoms with van der Waals surface area (Å²) < 4.78 is 57.4. The van der Waals surface area contributed by atoms with E-state index >= 15 is 0 Å². The van der Waals surface area contributed by atoms with Crippen LogP contribution in [0.25, 0.3) is 16.7 Å². The van der Waals surface area contributed by atoms with E-state index in [1.54, 1.807) is 12.1 Å². The lowest BCUT2D eigenvalue weighted by Gasteiger charge is -2.22. The van der Waals surface area contributed by atoms with Gasteiger partial charge in [-0.15, -0.1) is 0 Å². The van der Waals surface area contributed by atoms with Crippen LogP contribution in [0.1, 0.15) is 29.2 Å². The van der Waals surface area contributed by atoms with E-state index in [0.717, 1.165) is 30.3 Å². The molecule has 0 radical (unpaired) electrons. The van der Waals surface area contributed by atoms with Gasteiger partial charge in [0.25, 0.3) is 17.9 Å². The number of anilines is 2. The fraction of sp³-hybridized carbons (Fsp3) is 0.250. The zero-order chi connectivity index (χ0) is 26.4. The number of alkyl halides is 2. The molecule has 0 saturated carbocycles. The third kappa shape index (κ3) is 4.31. The van der Waals surface area contributed by atoms with E-state index in [1.165, 1.54) is 11.6 Å². The molecule has 3 N–H and O–H groups in total. The second kappa shape index (κ2) is 9.32. The summed E-state index contributed by atoms with van der Waals surface area (Å²) in [6.45, 7) is 0.928. The van der Waals surface area contributed by atoms with Crippen molar-refractivity contribution in [2.45, 2.75) is 18.9 Å². The maximum atomic E-state index is 14.3. The Balaban J connectivity index is 1.58. The minimum Gasteiger partial charge on any atom is -0.366 e. The van der Waals surface area contributed by atoms with Crippen molar-refractivity contribution in [3.05, 3.63) is 76.0 Å². The third-order valence-corrected chi connectivity index (χ3v) is 6.23. The first-order chi connectivity index (χ1) is 17.7. The molecular weight excluding hydrogens is 494 g/mol. The van der Waals surface area contributed by atoms with Crippen molar-refractivity contribution < 1.29 is 22.4 Å². The average molecular weight is 515 g/mol. The number of benzene rings is 2. The number of nitrogens with one attached hydrogen (secondary N) is 1. The number of hydrogen-bond donors (Lipinski definition) is 2. The van der Waals surface area contributed by atoms with Gasteiger partial charge in [-0.2, -0.15) is 9.78 Å². The molecule has 1 amide bonds. The number of para-hydroxylation sites is 1. The lowest BCUT2D eigenvalue weighted by atomic mass is 10.2. The van der Waals surface area contributed by atoms with Crippen LogP contribution in [0, 0.1) is 11.6 Å². The standard InChI is InChI=1S/C24H21F4N7O2/c1-33-17-7-5-15(21(34-10-9-12(29)11-34)19(17)31-23(33)22(27)28)30-24(37)16-6-8-18(36)35(32-16)20-13(25)3-2-4-14(20)26/h2-8,12,22H,9-11,29H2,1H3,(H,30,37)/t12-/m0/s1. The Morgan fingerprint density at radius 2 is 1.84 bits per heavy atom. The Hall–Kier alpha value is -4.26. The summed E-state index contributed by atoms with van der Waals surface area (Å²) in [5.41, 5.74) is 5.55. The Bertz CT molecular complexity index is 1560. The molecule has 3 heterocycles. The van der Waals surface area contributed by atoms with Gasteiger partial charge in [-0.25, -0.2) is 22.5 Å². The van der Waals surface area contributed by atoms with Gasteiger partial charge < -0.3 is 20.5 Å². The molecule has 13 heteroatoms. The summed E-state index contributed by atoms with van der Waals surface area (Å²) >= 11 is 0. The van der Waals surface area contributed by atoms with Gasteiger partial charge in [0, 0.05) is 32.2 Å². The molecule has 0 unspecified atom stereocenters. The Labute approximate surface area is 207 Å². The number of fused-ring (bicyclic) bond motifs is 1. The van der Waals surface area contributed by atoms with Crippen LogP contribution in [0.15, 0.2) is 47.3 Å². The maximum absolute atomic E-state index is 14.3. The number of aryl methyl sites for hydroxylation is 1. The summed E-state index contributed by atoms with van der Waals surface area (Å²) in [5, 5.41) is 6.54. The fourth-order valence-electron chi connectivity index (χ4n) is 4.44. The highest BCUT2D eigenvalue weighted by Crippen LogP contribution is 2.37. The van der Waals surface area contributed by atoms with Gasteiger partial charge in [0.15, 0.2) is 17.5 Å². The normalized spacial score (nSPS) is 15.6. The monoisotopic (exact) mass is 515 g/mol. The van der Waals surface area contributed by atoms with Crippen LogP contribution in [0.5, 0.6) is 0 Å². The van der Waals surface area contributed by atoms with E-state index in [9.17, 15) is 27.2 Å². The molecule has 192 valence electrons. The van der Waals surface area contributed by atoms with Gasteiger partial charge in [-0.3, -0.25) is 9.59 Å². The maximum Gasteiger partial charge on any atom is 0.295 e. The third-order valence-electron chi connectivity index (χ3n) is 6.23. The lowest BCUT2D eigenvalue weighted by molar-refractivity contribution is 0.102. The molecule has 0 aliphatic carbocycles. The first kappa shape index (κ1) is 24.4. The number of nitrogens with two attached hydrogens (primary N) is 1. The zero-order valence-electron chi connectivity index (χ0n) is 19.5. The van der Waals surface area contributed by atoms with Crippen LogP contribution >= 0.6 is 0 Å². The first-order valence-corrected chi connectivity index (χ1v) is 11.3. The predicted octanol–water partition coefficient (Wildman–Crippen LogP) is 3.12. The summed E-state index contributed by atoms with van der Waals surface area (Å²) in [6.07, 6.45) is -2.16. The molecule has 2 aromatic carbocycles. The molecule has 2 aromatic heterocycles. The van der Waals surface area contributed by atoms with Crippen molar-refractivity contribution in [1.29, 1.82) is 0 Å². The highest BCUT2D eigenvalue weighted by atomic mass is 19.3. The minimum absolute atomic E-state index is 0.155. The average Bonchev–Trinajstić information content (AvgIpc) is 3.43. The number of carbonyl (C=O) groups is 1. The molecule has 1 aliphatic rings. The number of halogens is 4. The molecule has 37 heavy (non-hydrogen) atoms. The molecular formula is C24H21F4N7O2. The van der Waals surface area contributed by atoms with Crippen molar-refractivity contribution in [3.63, 3.8) is 0 Å². The van der Waals surface area contributed by atoms with Crippen LogP contribution in [0.3, 0.4) is 0 Å². The predicted molar refractivity (Wildman–Crippen MR) is 128 cm³/mol. The van der Waals surface area contributed by atoms with E-state index in [4.69, 9.17) is 5.73 Å². The highest BCUT2D eigenvalue weighted by Gasteiger charge is 2.28. The molecule has 9 nitrogen and oxygen atoms in total. The quantitative estimate of drug-likeness (QED) is 0.395. The van der Waals surface area contributed by atoms with E-state index in [-0.39, 0.29) is 22.9 Å². The number of aromatic nitrogens is 4. The van der Waals surface area contributed by atoms with Crippen molar-refractivity contribution in [3.8, 4) is 5.69 Å². The lowest BCUT2D eigenvalue weighted by Crippen LogP contribution is -2.28. The number of amides is 1. The van der Waals surface area contributed by atoms with Crippen molar-refractivity contribution in [2.75, 3.05) is 23.3 Å². The van der Waals surface area contributed by atoms with Crippen LogP contribution in [-0.2, 0) is 7.05 Å². The first-order valence-electron chi connectivity index (χ1n) is 11.3. The van der Waals surface area contributed by atoms with Crippen LogP contribution in [0.2, 0.25) is 0 Å². The largest absolute Gasteiger partial charge is 0.366 e. The number of imidazole rings is 1. The van der Waals surface area contributed by atoms with Gasteiger partial charge in [0.2, 0.25) is 0 Å².